The number of hydrogen-bond donors (Lipinski definition) is 0. The summed E-state index contributed by atoms with van der Waals surface area (Å²) in [5.41, 5.74) is 0. The first kappa shape index (κ1) is 10.1. The smallest absolute Gasteiger partial charge is 0.215 e. The molecule has 2 rings (SSSR count). The number of pyridine rings is 1. The van der Waals surface area contributed by atoms with Crippen LogP contribution in [0.5, 0.6) is 0 Å². The molecule has 0 aromatic carbocycles. The first-order valence-corrected chi connectivity index (χ1v) is 5.49. The van der Waals surface area contributed by atoms with E-state index < -0.39 is 5.95 Å². The SMILES string of the molecule is Fc1cc(I)cc(N2CCOCC2)n1. The monoisotopic (exact) mass is 308 g/mol. The summed E-state index contributed by atoms with van der Waals surface area (Å²) in [6.45, 7) is 2.95. The molecule has 1 saturated heterocycles. The lowest BCUT2D eigenvalue weighted by molar-refractivity contribution is 0.122. The zero-order valence-electron chi connectivity index (χ0n) is 7.54. The van der Waals surface area contributed by atoms with Gasteiger partial charge in [0.25, 0.3) is 0 Å². The minimum atomic E-state index is -0.418. The van der Waals surface area contributed by atoms with Crippen LogP contribution in [0.1, 0.15) is 0 Å². The summed E-state index contributed by atoms with van der Waals surface area (Å²) in [6.07, 6.45) is 0. The van der Waals surface area contributed by atoms with Crippen LogP contribution in [0.2, 0.25) is 0 Å². The number of halogens is 2. The Morgan fingerprint density at radius 1 is 1.36 bits per heavy atom. The van der Waals surface area contributed by atoms with Gasteiger partial charge >= 0.3 is 0 Å². The van der Waals surface area contributed by atoms with E-state index in [1.54, 1.807) is 0 Å². The fourth-order valence-corrected chi connectivity index (χ4v) is 1.94. The van der Waals surface area contributed by atoms with Crippen LogP contribution >= 0.6 is 22.6 Å². The van der Waals surface area contributed by atoms with Gasteiger partial charge in [-0.1, -0.05) is 0 Å². The van der Waals surface area contributed by atoms with Crippen LogP contribution in [0.25, 0.3) is 0 Å². The van der Waals surface area contributed by atoms with Crippen molar-refractivity contribution in [2.75, 3.05) is 31.2 Å². The minimum Gasteiger partial charge on any atom is -0.378 e. The summed E-state index contributed by atoms with van der Waals surface area (Å²) in [5, 5.41) is 0. The minimum absolute atomic E-state index is 0.418. The number of aromatic nitrogens is 1. The van der Waals surface area contributed by atoms with Crippen molar-refractivity contribution < 1.29 is 9.13 Å². The molecule has 1 aliphatic rings. The molecule has 2 heterocycles. The van der Waals surface area contributed by atoms with Gasteiger partial charge in [0.2, 0.25) is 5.95 Å². The summed E-state index contributed by atoms with van der Waals surface area (Å²) < 4.78 is 19.1. The van der Waals surface area contributed by atoms with Gasteiger partial charge in [-0.05, 0) is 28.7 Å². The fraction of sp³-hybridized carbons (Fsp3) is 0.444. The molecule has 5 heteroatoms. The third-order valence-corrected chi connectivity index (χ3v) is 2.70. The van der Waals surface area contributed by atoms with Gasteiger partial charge in [0.05, 0.1) is 13.2 Å². The van der Waals surface area contributed by atoms with Gasteiger partial charge in [0, 0.05) is 22.7 Å². The van der Waals surface area contributed by atoms with Gasteiger partial charge in [-0.3, -0.25) is 0 Å². The van der Waals surface area contributed by atoms with E-state index in [-0.39, 0.29) is 0 Å². The first-order valence-electron chi connectivity index (χ1n) is 4.41. The second kappa shape index (κ2) is 4.39. The molecule has 0 atom stereocenters. The van der Waals surface area contributed by atoms with Crippen LogP contribution in [0.4, 0.5) is 10.2 Å². The summed E-state index contributed by atoms with van der Waals surface area (Å²) in [5.74, 6) is 0.288. The molecule has 0 N–H and O–H groups in total. The van der Waals surface area contributed by atoms with Gasteiger partial charge in [0.15, 0.2) is 0 Å². The summed E-state index contributed by atoms with van der Waals surface area (Å²) >= 11 is 2.09. The maximum atomic E-state index is 13.0. The molecule has 76 valence electrons. The average molecular weight is 308 g/mol. The lowest BCUT2D eigenvalue weighted by Gasteiger charge is -2.27. The maximum Gasteiger partial charge on any atom is 0.215 e. The van der Waals surface area contributed by atoms with Crippen molar-refractivity contribution in [1.29, 1.82) is 0 Å². The van der Waals surface area contributed by atoms with Gasteiger partial charge in [-0.2, -0.15) is 4.39 Å². The van der Waals surface area contributed by atoms with Crippen LogP contribution in [0, 0.1) is 9.52 Å². The Labute approximate surface area is 95.4 Å². The number of hydrogen-bond acceptors (Lipinski definition) is 3. The third-order valence-electron chi connectivity index (χ3n) is 2.08. The Hall–Kier alpha value is -0.430. The zero-order chi connectivity index (χ0) is 9.97. The van der Waals surface area contributed by atoms with Gasteiger partial charge in [-0.25, -0.2) is 4.98 Å². The number of ether oxygens (including phenoxy) is 1. The molecule has 1 aromatic rings. The Morgan fingerprint density at radius 2 is 2.07 bits per heavy atom. The molecular formula is C9H10FIN2O. The van der Waals surface area contributed by atoms with Gasteiger partial charge < -0.3 is 9.64 Å². The molecule has 14 heavy (non-hydrogen) atoms. The molecule has 1 aliphatic heterocycles. The highest BCUT2D eigenvalue weighted by atomic mass is 127. The Balaban J connectivity index is 2.21. The number of morpholine rings is 1. The highest BCUT2D eigenvalue weighted by Crippen LogP contribution is 2.17. The number of rotatable bonds is 1. The molecule has 0 bridgehead atoms. The number of nitrogens with zero attached hydrogens (tertiary/aromatic N) is 2. The molecule has 1 fully saturated rings. The highest BCUT2D eigenvalue weighted by molar-refractivity contribution is 14.1. The van der Waals surface area contributed by atoms with Gasteiger partial charge in [-0.15, -0.1) is 0 Å². The fourth-order valence-electron chi connectivity index (χ4n) is 1.41. The summed E-state index contributed by atoms with van der Waals surface area (Å²) in [7, 11) is 0. The van der Waals surface area contributed by atoms with Crippen molar-refractivity contribution in [1.82, 2.24) is 4.98 Å². The lowest BCUT2D eigenvalue weighted by atomic mass is 10.4. The average Bonchev–Trinajstić information content (AvgIpc) is 2.18. The van der Waals surface area contributed by atoms with Crippen molar-refractivity contribution in [3.8, 4) is 0 Å². The molecule has 0 saturated carbocycles. The van der Waals surface area contributed by atoms with Crippen LogP contribution in [-0.2, 0) is 4.74 Å². The van der Waals surface area contributed by atoms with E-state index in [1.165, 1.54) is 6.07 Å². The van der Waals surface area contributed by atoms with E-state index in [0.717, 1.165) is 16.7 Å². The van der Waals surface area contributed by atoms with Crippen LogP contribution in [0.3, 0.4) is 0 Å². The van der Waals surface area contributed by atoms with Crippen LogP contribution < -0.4 is 4.90 Å². The third kappa shape index (κ3) is 2.33. The molecule has 0 spiro atoms. The molecule has 3 nitrogen and oxygen atoms in total. The number of anilines is 1. The first-order chi connectivity index (χ1) is 6.75. The van der Waals surface area contributed by atoms with Crippen LogP contribution in [-0.4, -0.2) is 31.3 Å². The summed E-state index contributed by atoms with van der Waals surface area (Å²) in [4.78, 5) is 5.89. The Bertz CT molecular complexity index is 308. The maximum absolute atomic E-state index is 13.0. The van der Waals surface area contributed by atoms with Crippen molar-refractivity contribution in [2.45, 2.75) is 0 Å². The van der Waals surface area contributed by atoms with Crippen molar-refractivity contribution >= 4 is 28.4 Å². The Morgan fingerprint density at radius 3 is 2.71 bits per heavy atom. The molecule has 1 aromatic heterocycles. The lowest BCUT2D eigenvalue weighted by Crippen LogP contribution is -2.36. The quantitative estimate of drug-likeness (QED) is 0.583. The normalized spacial score (nSPS) is 17.1. The van der Waals surface area contributed by atoms with E-state index >= 15 is 0 Å². The van der Waals surface area contributed by atoms with Crippen molar-refractivity contribution in [3.05, 3.63) is 21.7 Å². The highest BCUT2D eigenvalue weighted by Gasteiger charge is 2.13. The predicted molar refractivity (Wildman–Crippen MR) is 59.9 cm³/mol. The second-order valence-corrected chi connectivity index (χ2v) is 4.31. The van der Waals surface area contributed by atoms with E-state index in [4.69, 9.17) is 4.74 Å². The summed E-state index contributed by atoms with van der Waals surface area (Å²) in [6, 6.07) is 3.31. The van der Waals surface area contributed by atoms with Crippen LogP contribution in [0.15, 0.2) is 12.1 Å². The molecule has 0 amide bonds. The Kier molecular flexibility index (Phi) is 3.17. The van der Waals surface area contributed by atoms with E-state index in [9.17, 15) is 4.39 Å². The topological polar surface area (TPSA) is 25.4 Å². The van der Waals surface area contributed by atoms with E-state index in [1.807, 2.05) is 11.0 Å². The molecular weight excluding hydrogens is 298 g/mol. The zero-order valence-corrected chi connectivity index (χ0v) is 9.70. The predicted octanol–water partition coefficient (Wildman–Crippen LogP) is 1.66. The second-order valence-electron chi connectivity index (χ2n) is 3.07. The largest absolute Gasteiger partial charge is 0.378 e. The van der Waals surface area contributed by atoms with Crippen molar-refractivity contribution in [3.63, 3.8) is 0 Å². The molecule has 0 unspecified atom stereocenters. The van der Waals surface area contributed by atoms with Gasteiger partial charge in [0.1, 0.15) is 5.82 Å². The van der Waals surface area contributed by atoms with Crippen molar-refractivity contribution in [2.24, 2.45) is 0 Å². The molecule has 0 aliphatic carbocycles. The van der Waals surface area contributed by atoms with E-state index in [0.29, 0.717) is 19.0 Å². The van der Waals surface area contributed by atoms with E-state index in [2.05, 4.69) is 27.6 Å². The molecule has 0 radical (unpaired) electrons. The standard InChI is InChI=1S/C9H10FIN2O/c10-8-5-7(11)6-9(12-8)13-1-3-14-4-2-13/h5-6H,1-4H2.